The average Bonchev–Trinajstić information content (AvgIpc) is 2.80. The second-order valence-corrected chi connectivity index (χ2v) is 6.84. The topological polar surface area (TPSA) is 27.7 Å². The molecular formula is C24H36F2O3. The van der Waals surface area contributed by atoms with Gasteiger partial charge in [-0.25, -0.2) is 0 Å². The Balaban J connectivity index is 0.00000204. The highest BCUT2D eigenvalue weighted by atomic mass is 19.2. The van der Waals surface area contributed by atoms with Gasteiger partial charge < -0.3 is 14.2 Å². The molecule has 29 heavy (non-hydrogen) atoms. The summed E-state index contributed by atoms with van der Waals surface area (Å²) in [5, 5.41) is 0. The minimum atomic E-state index is -1.01. The molecule has 0 saturated carbocycles. The molecule has 2 unspecified atom stereocenters. The van der Waals surface area contributed by atoms with Crippen molar-refractivity contribution in [1.29, 1.82) is 0 Å². The Labute approximate surface area is 174 Å². The zero-order valence-corrected chi connectivity index (χ0v) is 18.7. The van der Waals surface area contributed by atoms with Gasteiger partial charge in [0.25, 0.3) is 0 Å². The van der Waals surface area contributed by atoms with Gasteiger partial charge in [-0.15, -0.1) is 0 Å². The zero-order chi connectivity index (χ0) is 21.8. The van der Waals surface area contributed by atoms with Crippen molar-refractivity contribution < 1.29 is 23.0 Å². The van der Waals surface area contributed by atoms with Gasteiger partial charge in [-0.1, -0.05) is 52.0 Å². The highest BCUT2D eigenvalue weighted by Crippen LogP contribution is 2.32. The minimum Gasteiger partial charge on any atom is -0.498 e. The van der Waals surface area contributed by atoms with E-state index in [1.807, 2.05) is 13.8 Å². The van der Waals surface area contributed by atoms with Crippen LogP contribution in [0, 0.1) is 5.92 Å². The molecule has 0 aromatic heterocycles. The molecule has 2 rings (SSSR count). The van der Waals surface area contributed by atoms with Crippen molar-refractivity contribution in [3.8, 4) is 0 Å². The van der Waals surface area contributed by atoms with Crippen LogP contribution in [0.4, 0.5) is 8.78 Å². The molecule has 0 bridgehead atoms. The van der Waals surface area contributed by atoms with Crippen LogP contribution in [0.5, 0.6) is 0 Å². The van der Waals surface area contributed by atoms with E-state index in [2.05, 4.69) is 31.2 Å². The molecule has 0 spiro atoms. The summed E-state index contributed by atoms with van der Waals surface area (Å²) in [7, 11) is 1.31. The maximum absolute atomic E-state index is 14.2. The van der Waals surface area contributed by atoms with Gasteiger partial charge in [-0.3, -0.25) is 0 Å². The number of hydrogen-bond acceptors (Lipinski definition) is 3. The van der Waals surface area contributed by atoms with E-state index in [1.165, 1.54) is 25.2 Å². The van der Waals surface area contributed by atoms with Crippen LogP contribution in [0.2, 0.25) is 0 Å². The summed E-state index contributed by atoms with van der Waals surface area (Å²) in [4.78, 5) is 0. The monoisotopic (exact) mass is 410 g/mol. The molecule has 3 nitrogen and oxygen atoms in total. The number of aryl methyl sites for hydroxylation is 1. The van der Waals surface area contributed by atoms with E-state index in [0.717, 1.165) is 19.3 Å². The Kier molecular flexibility index (Phi) is 11.6. The summed E-state index contributed by atoms with van der Waals surface area (Å²) < 4.78 is 44.4. The van der Waals surface area contributed by atoms with Gasteiger partial charge in [-0.2, -0.15) is 8.78 Å². The van der Waals surface area contributed by atoms with Gasteiger partial charge in [0.1, 0.15) is 11.5 Å². The van der Waals surface area contributed by atoms with Crippen LogP contribution >= 0.6 is 0 Å². The molecule has 2 atom stereocenters. The van der Waals surface area contributed by atoms with E-state index in [-0.39, 0.29) is 30.0 Å². The third-order valence-corrected chi connectivity index (χ3v) is 5.00. The molecular weight excluding hydrogens is 374 g/mol. The molecule has 1 heterocycles. The third-order valence-electron chi connectivity index (χ3n) is 5.00. The van der Waals surface area contributed by atoms with E-state index < -0.39 is 11.7 Å². The molecule has 1 aromatic rings. The van der Waals surface area contributed by atoms with Crippen molar-refractivity contribution in [3.05, 3.63) is 58.6 Å². The number of hydrogen-bond donors (Lipinski definition) is 0. The Morgan fingerprint density at radius 2 is 1.72 bits per heavy atom. The maximum atomic E-state index is 14.2. The van der Waals surface area contributed by atoms with Crippen molar-refractivity contribution in [2.75, 3.05) is 20.3 Å². The van der Waals surface area contributed by atoms with Crippen LogP contribution in [0.15, 0.2) is 47.4 Å². The largest absolute Gasteiger partial charge is 0.498 e. The van der Waals surface area contributed by atoms with Crippen LogP contribution < -0.4 is 0 Å². The normalized spacial score (nSPS) is 20.7. The van der Waals surface area contributed by atoms with Crippen molar-refractivity contribution in [2.45, 2.75) is 66.4 Å². The molecule has 0 N–H and O–H groups in total. The number of ether oxygens (including phenoxy) is 3. The van der Waals surface area contributed by atoms with E-state index >= 15 is 0 Å². The van der Waals surface area contributed by atoms with Crippen LogP contribution in [0.25, 0.3) is 0 Å². The molecule has 1 aliphatic heterocycles. The van der Waals surface area contributed by atoms with Crippen LogP contribution in [0.1, 0.15) is 71.1 Å². The van der Waals surface area contributed by atoms with Crippen molar-refractivity contribution in [1.82, 2.24) is 0 Å². The number of halogens is 2. The smallest absolute Gasteiger partial charge is 0.199 e. The summed E-state index contributed by atoms with van der Waals surface area (Å²) in [6.07, 6.45) is 3.21. The highest BCUT2D eigenvalue weighted by Gasteiger charge is 2.24. The van der Waals surface area contributed by atoms with Gasteiger partial charge in [0, 0.05) is 12.3 Å². The summed E-state index contributed by atoms with van der Waals surface area (Å²) in [6, 6.07) is 8.53. The second-order valence-electron chi connectivity index (χ2n) is 6.84. The third kappa shape index (κ3) is 7.46. The molecule has 1 fully saturated rings. The van der Waals surface area contributed by atoms with Gasteiger partial charge in [0.15, 0.2) is 11.7 Å². The first-order valence-corrected chi connectivity index (χ1v) is 10.6. The Morgan fingerprint density at radius 3 is 2.21 bits per heavy atom. The lowest BCUT2D eigenvalue weighted by molar-refractivity contribution is -0.0365. The van der Waals surface area contributed by atoms with Gasteiger partial charge in [0.2, 0.25) is 0 Å². The second kappa shape index (κ2) is 13.4. The van der Waals surface area contributed by atoms with Gasteiger partial charge >= 0.3 is 0 Å². The first kappa shape index (κ1) is 25.2. The molecule has 1 aromatic carbocycles. The molecule has 5 heteroatoms. The van der Waals surface area contributed by atoms with Crippen molar-refractivity contribution in [2.24, 2.45) is 5.92 Å². The quantitative estimate of drug-likeness (QED) is 0.335. The first-order chi connectivity index (χ1) is 14.0. The lowest BCUT2D eigenvalue weighted by Gasteiger charge is -2.29. The fourth-order valence-electron chi connectivity index (χ4n) is 3.07. The van der Waals surface area contributed by atoms with Crippen LogP contribution in [-0.2, 0) is 20.6 Å². The average molecular weight is 411 g/mol. The lowest BCUT2D eigenvalue weighted by atomic mass is 9.94. The van der Waals surface area contributed by atoms with Crippen LogP contribution in [0.3, 0.4) is 0 Å². The van der Waals surface area contributed by atoms with E-state index in [4.69, 9.17) is 14.2 Å². The summed E-state index contributed by atoms with van der Waals surface area (Å²) in [6.45, 7) is 10.1. The molecule has 0 aliphatic carbocycles. The Hall–Kier alpha value is -1.88. The van der Waals surface area contributed by atoms with Gasteiger partial charge in [0.05, 0.1) is 26.4 Å². The lowest BCUT2D eigenvalue weighted by Crippen LogP contribution is -2.24. The predicted octanol–water partition coefficient (Wildman–Crippen LogP) is 7.20. The number of allylic oxidation sites excluding steroid dienone is 4. The fraction of sp³-hybridized carbons (Fsp3) is 0.583. The van der Waals surface area contributed by atoms with E-state index in [1.54, 1.807) is 6.92 Å². The number of benzene rings is 1. The number of rotatable bonds is 8. The summed E-state index contributed by atoms with van der Waals surface area (Å²) in [5.41, 5.74) is 2.50. The molecule has 0 amide bonds. The van der Waals surface area contributed by atoms with Gasteiger partial charge in [-0.05, 0) is 37.3 Å². The highest BCUT2D eigenvalue weighted by molar-refractivity contribution is 5.25. The Bertz CT molecular complexity index is 657. The minimum absolute atomic E-state index is 0.0150. The Morgan fingerprint density at radius 1 is 1.07 bits per heavy atom. The standard InChI is InChI=1S/C22H30F2O3.C2H6/c1-5-16-7-10-18(11-8-16)20-12-9-17(14-27-20)13-26-19(6-2)22(24)21(23)15(3)25-4;1-2/h7-8,10-11,17,20H,5-6,9,12-14H2,1-4H3;1-2H3/b21-15-,22-19-;. The predicted molar refractivity (Wildman–Crippen MR) is 114 cm³/mol. The summed E-state index contributed by atoms with van der Waals surface area (Å²) >= 11 is 0. The van der Waals surface area contributed by atoms with Crippen molar-refractivity contribution >= 4 is 0 Å². The zero-order valence-electron chi connectivity index (χ0n) is 18.7. The molecule has 164 valence electrons. The van der Waals surface area contributed by atoms with E-state index in [9.17, 15) is 8.78 Å². The molecule has 1 saturated heterocycles. The maximum Gasteiger partial charge on any atom is 0.199 e. The fourth-order valence-corrected chi connectivity index (χ4v) is 3.07. The van der Waals surface area contributed by atoms with Crippen molar-refractivity contribution in [3.63, 3.8) is 0 Å². The summed E-state index contributed by atoms with van der Waals surface area (Å²) in [5.74, 6) is -1.91. The van der Waals surface area contributed by atoms with E-state index in [0.29, 0.717) is 13.2 Å². The van der Waals surface area contributed by atoms with Crippen LogP contribution in [-0.4, -0.2) is 20.3 Å². The molecule has 0 radical (unpaired) electrons. The number of methoxy groups -OCH3 is 1. The molecule has 1 aliphatic rings. The SMILES string of the molecule is CC.CC/C(OCC1CCC(c2ccc(CC)cc2)OC1)=C(F)\C(F)=C(/C)OC. The first-order valence-electron chi connectivity index (χ1n) is 10.6.